The molecule has 0 fully saturated rings. The summed E-state index contributed by atoms with van der Waals surface area (Å²) >= 11 is 0. The molecule has 0 aliphatic carbocycles. The molecule has 0 saturated carbocycles. The second-order valence-electron chi connectivity index (χ2n) is 3.98. The van der Waals surface area contributed by atoms with Gasteiger partial charge in [0.15, 0.2) is 0 Å². The molecule has 100 valence electrons. The Morgan fingerprint density at radius 2 is 2.11 bits per heavy atom. The van der Waals surface area contributed by atoms with Gasteiger partial charge in [0.25, 0.3) is 5.92 Å². The fourth-order valence-electron chi connectivity index (χ4n) is 1.69. The minimum absolute atomic E-state index is 0.165. The molecule has 0 heterocycles. The Kier molecular flexibility index (Phi) is 4.64. The number of aryl methyl sites for hydroxylation is 1. The Balaban J connectivity index is 2.97. The van der Waals surface area contributed by atoms with Crippen molar-refractivity contribution in [1.29, 1.82) is 0 Å². The van der Waals surface area contributed by atoms with E-state index in [2.05, 4.69) is 0 Å². The fraction of sp³-hybridized carbons (Fsp3) is 0.462. The Hall–Kier alpha value is -1.65. The van der Waals surface area contributed by atoms with E-state index in [-0.39, 0.29) is 5.56 Å². The highest BCUT2D eigenvalue weighted by molar-refractivity contribution is 5.66. The third kappa shape index (κ3) is 3.42. The number of rotatable bonds is 6. The molecule has 0 unspecified atom stereocenters. The quantitative estimate of drug-likeness (QED) is 0.852. The van der Waals surface area contributed by atoms with Crippen LogP contribution in [0.5, 0.6) is 5.75 Å². The maximum absolute atomic E-state index is 13.8. The molecule has 18 heavy (non-hydrogen) atoms. The topological polar surface area (TPSA) is 46.5 Å². The molecule has 0 bridgehead atoms. The second-order valence-corrected chi connectivity index (χ2v) is 3.98. The van der Waals surface area contributed by atoms with E-state index in [4.69, 9.17) is 9.84 Å². The zero-order chi connectivity index (χ0) is 13.8. The fourth-order valence-corrected chi connectivity index (χ4v) is 1.69. The number of halogens is 2. The lowest BCUT2D eigenvalue weighted by Crippen LogP contribution is -2.15. The number of aliphatic carboxylic acids is 1. The van der Waals surface area contributed by atoms with Crippen LogP contribution in [0, 0.1) is 0 Å². The number of hydrogen-bond donors (Lipinski definition) is 1. The van der Waals surface area contributed by atoms with Crippen molar-refractivity contribution in [3.8, 4) is 5.75 Å². The van der Waals surface area contributed by atoms with Crippen LogP contribution in [0.1, 0.15) is 30.9 Å². The normalized spacial score (nSPS) is 11.3. The lowest BCUT2D eigenvalue weighted by Gasteiger charge is -2.17. The maximum atomic E-state index is 13.8. The number of ether oxygens (including phenoxy) is 1. The van der Waals surface area contributed by atoms with Crippen LogP contribution in [0.2, 0.25) is 0 Å². The highest BCUT2D eigenvalue weighted by Crippen LogP contribution is 2.35. The first-order valence-corrected chi connectivity index (χ1v) is 5.67. The van der Waals surface area contributed by atoms with Gasteiger partial charge < -0.3 is 9.84 Å². The molecular formula is C13H16F2O3. The SMILES string of the molecule is CCc1cc(C(F)(F)CCC(=O)O)ccc1OC. The van der Waals surface area contributed by atoms with E-state index < -0.39 is 24.7 Å². The highest BCUT2D eigenvalue weighted by atomic mass is 19.3. The summed E-state index contributed by atoms with van der Waals surface area (Å²) in [6.07, 6.45) is -0.676. The first-order chi connectivity index (χ1) is 8.40. The molecule has 0 aliphatic rings. The first kappa shape index (κ1) is 14.4. The standard InChI is InChI=1S/C13H16F2O3/c1-3-9-8-10(4-5-11(9)18-2)13(14,15)7-6-12(16)17/h4-5,8H,3,6-7H2,1-2H3,(H,16,17). The first-order valence-electron chi connectivity index (χ1n) is 5.67. The third-order valence-corrected chi connectivity index (χ3v) is 2.74. The summed E-state index contributed by atoms with van der Waals surface area (Å²) in [5, 5.41) is 8.45. The summed E-state index contributed by atoms with van der Waals surface area (Å²) in [6, 6.07) is 4.14. The average Bonchev–Trinajstić information content (AvgIpc) is 2.35. The molecule has 0 aliphatic heterocycles. The van der Waals surface area contributed by atoms with Gasteiger partial charge in [-0.25, -0.2) is 8.78 Å². The van der Waals surface area contributed by atoms with Crippen molar-refractivity contribution in [3.63, 3.8) is 0 Å². The van der Waals surface area contributed by atoms with Crippen LogP contribution in [-0.4, -0.2) is 18.2 Å². The molecule has 0 atom stereocenters. The summed E-state index contributed by atoms with van der Waals surface area (Å²) < 4.78 is 32.6. The van der Waals surface area contributed by atoms with Gasteiger partial charge in [-0.3, -0.25) is 4.79 Å². The second kappa shape index (κ2) is 5.80. The van der Waals surface area contributed by atoms with Crippen LogP contribution in [0.4, 0.5) is 8.78 Å². The van der Waals surface area contributed by atoms with Gasteiger partial charge in [0.1, 0.15) is 5.75 Å². The van der Waals surface area contributed by atoms with Gasteiger partial charge in [-0.15, -0.1) is 0 Å². The molecule has 3 nitrogen and oxygen atoms in total. The average molecular weight is 258 g/mol. The summed E-state index contributed by atoms with van der Waals surface area (Å²) in [6.45, 7) is 1.84. The lowest BCUT2D eigenvalue weighted by molar-refractivity contribution is -0.139. The monoisotopic (exact) mass is 258 g/mol. The molecule has 0 radical (unpaired) electrons. The molecule has 1 rings (SSSR count). The smallest absolute Gasteiger partial charge is 0.303 e. The van der Waals surface area contributed by atoms with Crippen LogP contribution in [0.15, 0.2) is 18.2 Å². The van der Waals surface area contributed by atoms with E-state index in [0.29, 0.717) is 17.7 Å². The van der Waals surface area contributed by atoms with E-state index in [9.17, 15) is 13.6 Å². The van der Waals surface area contributed by atoms with Crippen molar-refractivity contribution in [2.75, 3.05) is 7.11 Å². The molecular weight excluding hydrogens is 242 g/mol. The third-order valence-electron chi connectivity index (χ3n) is 2.74. The van der Waals surface area contributed by atoms with Gasteiger partial charge in [0.05, 0.1) is 13.5 Å². The van der Waals surface area contributed by atoms with Gasteiger partial charge in [-0.2, -0.15) is 0 Å². The number of carboxylic acid groups (broad SMARTS) is 1. The number of methoxy groups -OCH3 is 1. The number of hydrogen-bond acceptors (Lipinski definition) is 2. The van der Waals surface area contributed by atoms with E-state index in [1.54, 1.807) is 0 Å². The minimum Gasteiger partial charge on any atom is -0.496 e. The van der Waals surface area contributed by atoms with Gasteiger partial charge in [-0.05, 0) is 30.2 Å². The van der Waals surface area contributed by atoms with Crippen molar-refractivity contribution in [2.24, 2.45) is 0 Å². The van der Waals surface area contributed by atoms with Crippen LogP contribution >= 0.6 is 0 Å². The van der Waals surface area contributed by atoms with E-state index in [1.165, 1.54) is 25.3 Å². The number of benzene rings is 1. The van der Waals surface area contributed by atoms with Crippen LogP contribution in [0.3, 0.4) is 0 Å². The Bertz CT molecular complexity index is 430. The number of carbonyl (C=O) groups is 1. The maximum Gasteiger partial charge on any atom is 0.303 e. The summed E-state index contributed by atoms with van der Waals surface area (Å²) in [5.41, 5.74) is 0.520. The lowest BCUT2D eigenvalue weighted by atomic mass is 10.00. The molecule has 0 saturated heterocycles. The van der Waals surface area contributed by atoms with Crippen LogP contribution < -0.4 is 4.74 Å². The Morgan fingerprint density at radius 3 is 2.61 bits per heavy atom. The number of alkyl halides is 2. The van der Waals surface area contributed by atoms with Gasteiger partial charge in [0, 0.05) is 12.0 Å². The molecule has 0 aromatic heterocycles. The van der Waals surface area contributed by atoms with Crippen molar-refractivity contribution in [3.05, 3.63) is 29.3 Å². The van der Waals surface area contributed by atoms with Crippen molar-refractivity contribution >= 4 is 5.97 Å². The van der Waals surface area contributed by atoms with E-state index in [0.717, 1.165) is 0 Å². The minimum atomic E-state index is -3.13. The molecule has 0 spiro atoms. The van der Waals surface area contributed by atoms with Gasteiger partial charge >= 0.3 is 5.97 Å². The molecule has 1 N–H and O–H groups in total. The summed E-state index contributed by atoms with van der Waals surface area (Å²) in [5.74, 6) is -3.79. The van der Waals surface area contributed by atoms with Crippen molar-refractivity contribution in [2.45, 2.75) is 32.1 Å². The van der Waals surface area contributed by atoms with Crippen molar-refractivity contribution < 1.29 is 23.4 Å². The largest absolute Gasteiger partial charge is 0.496 e. The van der Waals surface area contributed by atoms with Crippen LogP contribution in [-0.2, 0) is 17.1 Å². The molecule has 5 heteroatoms. The van der Waals surface area contributed by atoms with Crippen molar-refractivity contribution in [1.82, 2.24) is 0 Å². The number of carboxylic acids is 1. The Morgan fingerprint density at radius 1 is 1.44 bits per heavy atom. The zero-order valence-corrected chi connectivity index (χ0v) is 10.4. The molecule has 1 aromatic carbocycles. The highest BCUT2D eigenvalue weighted by Gasteiger charge is 2.32. The Labute approximate surface area is 104 Å². The van der Waals surface area contributed by atoms with Crippen LogP contribution in [0.25, 0.3) is 0 Å². The predicted molar refractivity (Wildman–Crippen MR) is 63.1 cm³/mol. The predicted octanol–water partition coefficient (Wildman–Crippen LogP) is 3.21. The zero-order valence-electron chi connectivity index (χ0n) is 10.4. The van der Waals surface area contributed by atoms with Gasteiger partial charge in [-0.1, -0.05) is 6.92 Å². The summed E-state index contributed by atoms with van der Waals surface area (Å²) in [4.78, 5) is 10.3. The van der Waals surface area contributed by atoms with E-state index in [1.807, 2.05) is 6.92 Å². The molecule has 0 amide bonds. The molecule has 1 aromatic rings. The van der Waals surface area contributed by atoms with Gasteiger partial charge in [0.2, 0.25) is 0 Å². The summed E-state index contributed by atoms with van der Waals surface area (Å²) in [7, 11) is 1.48. The van der Waals surface area contributed by atoms with E-state index >= 15 is 0 Å².